The van der Waals surface area contributed by atoms with E-state index in [2.05, 4.69) is 70.1 Å². The molecule has 0 amide bonds. The number of allylic oxidation sites excluding steroid dienone is 4. The van der Waals surface area contributed by atoms with Gasteiger partial charge in [0.25, 0.3) is 0 Å². The second kappa shape index (κ2) is 8.17. The Morgan fingerprint density at radius 1 is 0.912 bits per heavy atom. The Morgan fingerprint density at radius 3 is 2.38 bits per heavy atom. The van der Waals surface area contributed by atoms with Gasteiger partial charge in [0, 0.05) is 23.7 Å². The Hall–Kier alpha value is -2.24. The van der Waals surface area contributed by atoms with Crippen LogP contribution in [0.3, 0.4) is 0 Å². The van der Waals surface area contributed by atoms with Gasteiger partial charge in [-0.25, -0.2) is 0 Å². The fourth-order valence-corrected chi connectivity index (χ4v) is 7.69. The number of rotatable bonds is 7. The summed E-state index contributed by atoms with van der Waals surface area (Å²) < 4.78 is 11.7. The molecule has 34 heavy (non-hydrogen) atoms. The molecular formula is C28H38N4O2. The van der Waals surface area contributed by atoms with E-state index >= 15 is 0 Å². The maximum Gasteiger partial charge on any atom is 0.230 e. The molecular weight excluding hydrogens is 424 g/mol. The van der Waals surface area contributed by atoms with E-state index in [9.17, 15) is 0 Å². The maximum absolute atomic E-state index is 5.84. The number of hydrogen-bond acceptors (Lipinski definition) is 6. The van der Waals surface area contributed by atoms with E-state index in [1.165, 1.54) is 18.4 Å². The average molecular weight is 463 g/mol. The Balaban J connectivity index is 1.20. The van der Waals surface area contributed by atoms with Gasteiger partial charge in [0.05, 0.1) is 0 Å². The fraction of sp³-hybridized carbons (Fsp3) is 0.714. The lowest BCUT2D eigenvalue weighted by atomic mass is 9.72. The van der Waals surface area contributed by atoms with Gasteiger partial charge in [0.15, 0.2) is 11.6 Å². The monoisotopic (exact) mass is 462 g/mol. The predicted octanol–water partition coefficient (Wildman–Crippen LogP) is 6.63. The first-order valence-electron chi connectivity index (χ1n) is 13.4. The van der Waals surface area contributed by atoms with Crippen LogP contribution >= 0.6 is 0 Å². The lowest BCUT2D eigenvalue weighted by Crippen LogP contribution is -2.25. The van der Waals surface area contributed by atoms with Gasteiger partial charge in [-0.3, -0.25) is 0 Å². The number of fused-ring (bicyclic) bond motifs is 4. The van der Waals surface area contributed by atoms with Crippen molar-refractivity contribution >= 4 is 0 Å². The SMILES string of the molecule is CC(C)c1noc(C2C3CC(C=C3CC(C)c3nc(C4C5C=CC(C5)C4C)no3)C2C(C)C)n1. The van der Waals surface area contributed by atoms with Gasteiger partial charge >= 0.3 is 0 Å². The summed E-state index contributed by atoms with van der Waals surface area (Å²) in [6.07, 6.45) is 10.7. The van der Waals surface area contributed by atoms with Crippen molar-refractivity contribution in [2.75, 3.05) is 0 Å². The van der Waals surface area contributed by atoms with E-state index in [-0.39, 0.29) is 11.8 Å². The first-order valence-corrected chi connectivity index (χ1v) is 13.4. The molecule has 4 aliphatic rings. The van der Waals surface area contributed by atoms with Crippen molar-refractivity contribution in [3.05, 3.63) is 47.2 Å². The predicted molar refractivity (Wildman–Crippen MR) is 129 cm³/mol. The van der Waals surface area contributed by atoms with Crippen LogP contribution in [0.4, 0.5) is 0 Å². The van der Waals surface area contributed by atoms with Gasteiger partial charge in [0.1, 0.15) is 0 Å². The minimum atomic E-state index is 0.211. The standard InChI is InChI=1S/C28H38N4O2/c1-13(2)22-20-11-19(21(12-20)24(22)28-29-25(14(3)4)31-34-28)9-15(5)27-30-26(32-33-27)23-16(6)17-7-8-18(23)10-17/h7-8,11,13-18,20-24H,9-10,12H2,1-6H3. The van der Waals surface area contributed by atoms with Crippen molar-refractivity contribution in [1.29, 1.82) is 0 Å². The molecule has 0 saturated heterocycles. The highest BCUT2D eigenvalue weighted by atomic mass is 16.5. The molecule has 0 N–H and O–H groups in total. The molecule has 4 bridgehead atoms. The number of nitrogens with zero attached hydrogens (tertiary/aromatic N) is 4. The number of hydrogen-bond donors (Lipinski definition) is 0. The lowest BCUT2D eigenvalue weighted by Gasteiger charge is -2.32. The molecule has 2 heterocycles. The van der Waals surface area contributed by atoms with Crippen LogP contribution in [0.1, 0.15) is 108 Å². The van der Waals surface area contributed by atoms with Crippen molar-refractivity contribution in [2.45, 2.75) is 84.5 Å². The molecule has 2 saturated carbocycles. The first-order chi connectivity index (χ1) is 16.3. The zero-order valence-electron chi connectivity index (χ0n) is 21.3. The summed E-state index contributed by atoms with van der Waals surface area (Å²) in [5.41, 5.74) is 1.51. The fourth-order valence-electron chi connectivity index (χ4n) is 7.69. The third-order valence-corrected chi connectivity index (χ3v) is 9.37. The first kappa shape index (κ1) is 22.2. The molecule has 0 radical (unpaired) electrons. The van der Waals surface area contributed by atoms with Crippen molar-refractivity contribution in [3.8, 4) is 0 Å². The Kier molecular flexibility index (Phi) is 5.34. The van der Waals surface area contributed by atoms with Crippen LogP contribution in [0, 0.1) is 41.4 Å². The largest absolute Gasteiger partial charge is 0.339 e. The highest BCUT2D eigenvalue weighted by Gasteiger charge is 2.52. The smallest absolute Gasteiger partial charge is 0.230 e. The van der Waals surface area contributed by atoms with Crippen LogP contribution in [0.15, 0.2) is 32.8 Å². The van der Waals surface area contributed by atoms with Crippen molar-refractivity contribution < 1.29 is 9.05 Å². The molecule has 4 aliphatic carbocycles. The molecule has 0 aromatic carbocycles. The van der Waals surface area contributed by atoms with Crippen molar-refractivity contribution in [3.63, 3.8) is 0 Å². The van der Waals surface area contributed by atoms with Gasteiger partial charge in [-0.1, -0.05) is 75.7 Å². The van der Waals surface area contributed by atoms with E-state index in [1.807, 2.05) is 0 Å². The third kappa shape index (κ3) is 3.43. The van der Waals surface area contributed by atoms with E-state index in [1.54, 1.807) is 0 Å². The quantitative estimate of drug-likeness (QED) is 0.430. The molecule has 0 spiro atoms. The topological polar surface area (TPSA) is 77.8 Å². The van der Waals surface area contributed by atoms with Gasteiger partial charge in [-0.05, 0) is 60.7 Å². The Bertz CT molecular complexity index is 1110. The van der Waals surface area contributed by atoms with E-state index in [4.69, 9.17) is 19.0 Å². The van der Waals surface area contributed by atoms with Gasteiger partial charge in [0.2, 0.25) is 11.8 Å². The number of aromatic nitrogens is 4. The lowest BCUT2D eigenvalue weighted by molar-refractivity contribution is 0.235. The minimum Gasteiger partial charge on any atom is -0.339 e. The van der Waals surface area contributed by atoms with Crippen molar-refractivity contribution in [1.82, 2.24) is 20.3 Å². The van der Waals surface area contributed by atoms with E-state index < -0.39 is 0 Å². The Labute approximate surface area is 202 Å². The van der Waals surface area contributed by atoms with Crippen LogP contribution in [-0.4, -0.2) is 20.3 Å². The summed E-state index contributed by atoms with van der Waals surface area (Å²) in [4.78, 5) is 9.77. The van der Waals surface area contributed by atoms with Crippen LogP contribution in [0.25, 0.3) is 0 Å². The summed E-state index contributed by atoms with van der Waals surface area (Å²) in [5, 5.41) is 8.75. The minimum absolute atomic E-state index is 0.211. The molecule has 6 heteroatoms. The van der Waals surface area contributed by atoms with Crippen molar-refractivity contribution in [2.24, 2.45) is 41.4 Å². The molecule has 6 nitrogen and oxygen atoms in total. The normalized spacial score (nSPS) is 36.9. The highest BCUT2D eigenvalue weighted by molar-refractivity contribution is 5.30. The van der Waals surface area contributed by atoms with Gasteiger partial charge in [-0.2, -0.15) is 9.97 Å². The molecule has 2 aromatic rings. The molecule has 9 unspecified atom stereocenters. The summed E-state index contributed by atoms with van der Waals surface area (Å²) in [6, 6.07) is 0. The molecule has 0 aliphatic heterocycles. The third-order valence-electron chi connectivity index (χ3n) is 9.37. The molecule has 6 rings (SSSR count). The molecule has 2 fully saturated rings. The highest BCUT2D eigenvalue weighted by Crippen LogP contribution is 2.59. The van der Waals surface area contributed by atoms with Gasteiger partial charge < -0.3 is 9.05 Å². The summed E-state index contributed by atoms with van der Waals surface area (Å²) in [5.74, 6) is 8.64. The van der Waals surface area contributed by atoms with E-state index in [0.717, 1.165) is 29.9 Å². The maximum atomic E-state index is 5.84. The summed E-state index contributed by atoms with van der Waals surface area (Å²) >= 11 is 0. The van der Waals surface area contributed by atoms with E-state index in [0.29, 0.717) is 53.3 Å². The zero-order valence-corrected chi connectivity index (χ0v) is 21.3. The van der Waals surface area contributed by atoms with Crippen LogP contribution in [0.5, 0.6) is 0 Å². The second-order valence-corrected chi connectivity index (χ2v) is 12.2. The Morgan fingerprint density at radius 2 is 1.71 bits per heavy atom. The van der Waals surface area contributed by atoms with Gasteiger partial charge in [-0.15, -0.1) is 0 Å². The molecule has 9 atom stereocenters. The summed E-state index contributed by atoms with van der Waals surface area (Å²) in [7, 11) is 0. The average Bonchev–Trinajstić information content (AvgIpc) is 3.62. The molecule has 182 valence electrons. The van der Waals surface area contributed by atoms with Crippen LogP contribution in [0.2, 0.25) is 0 Å². The van der Waals surface area contributed by atoms with Crippen LogP contribution < -0.4 is 0 Å². The second-order valence-electron chi connectivity index (χ2n) is 12.2. The van der Waals surface area contributed by atoms with Crippen LogP contribution in [-0.2, 0) is 0 Å². The molecule has 2 aromatic heterocycles. The zero-order chi connectivity index (χ0) is 23.7. The summed E-state index contributed by atoms with van der Waals surface area (Å²) in [6.45, 7) is 13.5.